The summed E-state index contributed by atoms with van der Waals surface area (Å²) in [5, 5.41) is 10.7. The first-order valence-electron chi connectivity index (χ1n) is 3.33. The van der Waals surface area contributed by atoms with E-state index in [9.17, 15) is 9.59 Å². The second-order valence-corrected chi connectivity index (χ2v) is 2.10. The van der Waals surface area contributed by atoms with Gasteiger partial charge in [0, 0.05) is 6.54 Å². The van der Waals surface area contributed by atoms with Crippen LogP contribution in [0.1, 0.15) is 13.3 Å². The fourth-order valence-electron chi connectivity index (χ4n) is 0.586. The van der Waals surface area contributed by atoms with Gasteiger partial charge in [0.2, 0.25) is 5.91 Å². The predicted molar refractivity (Wildman–Crippen MR) is 38.9 cm³/mol. The topological polar surface area (TPSA) is 92.4 Å². The van der Waals surface area contributed by atoms with Gasteiger partial charge < -0.3 is 16.2 Å². The maximum absolute atomic E-state index is 10.8. The molecular weight excluding hydrogens is 148 g/mol. The third kappa shape index (κ3) is 4.32. The molecule has 0 aromatic rings. The van der Waals surface area contributed by atoms with Crippen LogP contribution in [0, 0.1) is 0 Å². The Bertz CT molecular complexity index is 158. The Balaban J connectivity index is 3.73. The Morgan fingerprint density at radius 3 is 2.55 bits per heavy atom. The zero-order valence-corrected chi connectivity index (χ0v) is 6.33. The van der Waals surface area contributed by atoms with Gasteiger partial charge in [-0.25, -0.2) is 0 Å². The minimum absolute atomic E-state index is 0.328. The molecule has 0 fully saturated rings. The average Bonchev–Trinajstić information content (AvgIpc) is 1.86. The highest BCUT2D eigenvalue weighted by Gasteiger charge is 2.15. The van der Waals surface area contributed by atoms with Gasteiger partial charge in [0.1, 0.15) is 0 Å². The van der Waals surface area contributed by atoms with Gasteiger partial charge in [0.25, 0.3) is 0 Å². The van der Waals surface area contributed by atoms with Crippen molar-refractivity contribution in [2.75, 3.05) is 6.54 Å². The van der Waals surface area contributed by atoms with Crippen molar-refractivity contribution in [3.63, 3.8) is 0 Å². The van der Waals surface area contributed by atoms with Gasteiger partial charge in [-0.3, -0.25) is 9.59 Å². The second-order valence-electron chi connectivity index (χ2n) is 2.10. The van der Waals surface area contributed by atoms with E-state index in [0.29, 0.717) is 6.54 Å². The van der Waals surface area contributed by atoms with Crippen LogP contribution >= 0.6 is 0 Å². The molecule has 0 saturated heterocycles. The SMILES string of the molecule is CCNC(=O)[C@H](N)CC(=O)O. The van der Waals surface area contributed by atoms with Crippen molar-refractivity contribution in [2.24, 2.45) is 5.73 Å². The number of aliphatic carboxylic acids is 1. The van der Waals surface area contributed by atoms with Crippen LogP contribution in [0.5, 0.6) is 0 Å². The lowest BCUT2D eigenvalue weighted by atomic mass is 10.2. The quantitative estimate of drug-likeness (QED) is 0.488. The highest BCUT2D eigenvalue weighted by atomic mass is 16.4. The van der Waals surface area contributed by atoms with Crippen molar-refractivity contribution in [2.45, 2.75) is 19.4 Å². The molecule has 0 saturated carbocycles. The summed E-state index contributed by atoms with van der Waals surface area (Å²) in [5.41, 5.74) is 5.21. The van der Waals surface area contributed by atoms with E-state index in [1.54, 1.807) is 6.92 Å². The lowest BCUT2D eigenvalue weighted by Crippen LogP contribution is -2.41. The van der Waals surface area contributed by atoms with E-state index in [0.717, 1.165) is 0 Å². The fraction of sp³-hybridized carbons (Fsp3) is 0.667. The number of likely N-dealkylation sites (N-methyl/N-ethyl adjacent to an activating group) is 1. The summed E-state index contributed by atoms with van der Waals surface area (Å²) >= 11 is 0. The van der Waals surface area contributed by atoms with Crippen LogP contribution in [0.2, 0.25) is 0 Å². The Morgan fingerprint density at radius 1 is 1.64 bits per heavy atom. The zero-order chi connectivity index (χ0) is 8.85. The molecule has 0 heterocycles. The third-order valence-corrected chi connectivity index (χ3v) is 1.08. The number of carbonyl (C=O) groups excluding carboxylic acids is 1. The third-order valence-electron chi connectivity index (χ3n) is 1.08. The number of rotatable bonds is 4. The van der Waals surface area contributed by atoms with Crippen molar-refractivity contribution in [1.29, 1.82) is 0 Å². The molecule has 64 valence electrons. The van der Waals surface area contributed by atoms with Crippen LogP contribution in [0.3, 0.4) is 0 Å². The van der Waals surface area contributed by atoms with E-state index in [1.807, 2.05) is 0 Å². The summed E-state index contributed by atoms with van der Waals surface area (Å²) < 4.78 is 0. The van der Waals surface area contributed by atoms with Crippen molar-refractivity contribution in [1.82, 2.24) is 5.32 Å². The highest BCUT2D eigenvalue weighted by Crippen LogP contribution is 1.87. The molecule has 0 bridgehead atoms. The normalized spacial score (nSPS) is 12.2. The molecule has 4 N–H and O–H groups in total. The number of hydrogen-bond acceptors (Lipinski definition) is 3. The minimum Gasteiger partial charge on any atom is -0.481 e. The van der Waals surface area contributed by atoms with Gasteiger partial charge in [-0.05, 0) is 6.92 Å². The summed E-state index contributed by atoms with van der Waals surface area (Å²) in [7, 11) is 0. The summed E-state index contributed by atoms with van der Waals surface area (Å²) in [5.74, 6) is -1.49. The van der Waals surface area contributed by atoms with Crippen LogP contribution in [-0.2, 0) is 9.59 Å². The van der Waals surface area contributed by atoms with Crippen LogP contribution in [0.4, 0.5) is 0 Å². The van der Waals surface area contributed by atoms with E-state index in [1.165, 1.54) is 0 Å². The van der Waals surface area contributed by atoms with Crippen molar-refractivity contribution < 1.29 is 14.7 Å². The lowest BCUT2D eigenvalue weighted by Gasteiger charge is -2.07. The van der Waals surface area contributed by atoms with Gasteiger partial charge in [0.05, 0.1) is 12.5 Å². The largest absolute Gasteiger partial charge is 0.481 e. The molecule has 0 aromatic heterocycles. The highest BCUT2D eigenvalue weighted by molar-refractivity contribution is 5.85. The standard InChI is InChI=1S/C6H12N2O3/c1-2-8-6(11)4(7)3-5(9)10/h4H,2-3,7H2,1H3,(H,8,11)(H,9,10)/t4-/m1/s1. The number of carboxylic acid groups (broad SMARTS) is 1. The Morgan fingerprint density at radius 2 is 2.18 bits per heavy atom. The molecular formula is C6H12N2O3. The number of nitrogens with one attached hydrogen (secondary N) is 1. The summed E-state index contributed by atoms with van der Waals surface area (Å²) in [6, 6.07) is -0.938. The molecule has 0 radical (unpaired) electrons. The summed E-state index contributed by atoms with van der Waals surface area (Å²) in [6.07, 6.45) is -0.328. The van der Waals surface area contributed by atoms with Crippen molar-refractivity contribution >= 4 is 11.9 Å². The van der Waals surface area contributed by atoms with Crippen LogP contribution in [0.15, 0.2) is 0 Å². The smallest absolute Gasteiger partial charge is 0.305 e. The zero-order valence-electron chi connectivity index (χ0n) is 6.33. The van der Waals surface area contributed by atoms with E-state index in [-0.39, 0.29) is 6.42 Å². The number of carbonyl (C=O) groups is 2. The Labute approximate surface area is 64.6 Å². The Kier molecular flexibility index (Phi) is 4.21. The summed E-state index contributed by atoms with van der Waals surface area (Å²) in [4.78, 5) is 20.8. The van der Waals surface area contributed by atoms with Crippen molar-refractivity contribution in [3.05, 3.63) is 0 Å². The molecule has 1 atom stereocenters. The van der Waals surface area contributed by atoms with Gasteiger partial charge in [0.15, 0.2) is 0 Å². The first-order valence-corrected chi connectivity index (χ1v) is 3.33. The molecule has 5 nitrogen and oxygen atoms in total. The lowest BCUT2D eigenvalue weighted by molar-refractivity contribution is -0.139. The van der Waals surface area contributed by atoms with E-state index in [2.05, 4.69) is 5.32 Å². The van der Waals surface area contributed by atoms with Crippen LogP contribution < -0.4 is 11.1 Å². The monoisotopic (exact) mass is 160 g/mol. The van der Waals surface area contributed by atoms with Crippen molar-refractivity contribution in [3.8, 4) is 0 Å². The molecule has 0 aliphatic rings. The molecule has 11 heavy (non-hydrogen) atoms. The first kappa shape index (κ1) is 9.90. The van der Waals surface area contributed by atoms with Gasteiger partial charge in [-0.2, -0.15) is 0 Å². The van der Waals surface area contributed by atoms with Gasteiger partial charge in [-0.1, -0.05) is 0 Å². The molecule has 0 aromatic carbocycles. The van der Waals surface area contributed by atoms with Crippen LogP contribution in [-0.4, -0.2) is 29.6 Å². The minimum atomic E-state index is -1.07. The molecule has 0 aliphatic carbocycles. The number of nitrogens with two attached hydrogens (primary N) is 1. The molecule has 1 amide bonds. The second kappa shape index (κ2) is 4.68. The molecule has 0 aliphatic heterocycles. The number of carboxylic acids is 1. The molecule has 5 heteroatoms. The fourth-order valence-corrected chi connectivity index (χ4v) is 0.586. The van der Waals surface area contributed by atoms with E-state index >= 15 is 0 Å². The maximum Gasteiger partial charge on any atom is 0.305 e. The van der Waals surface area contributed by atoms with Gasteiger partial charge in [-0.15, -0.1) is 0 Å². The van der Waals surface area contributed by atoms with Crippen LogP contribution in [0.25, 0.3) is 0 Å². The molecule has 0 unspecified atom stereocenters. The first-order chi connectivity index (χ1) is 5.07. The average molecular weight is 160 g/mol. The molecule has 0 rings (SSSR count). The number of amides is 1. The summed E-state index contributed by atoms with van der Waals surface area (Å²) in [6.45, 7) is 2.21. The van der Waals surface area contributed by atoms with Gasteiger partial charge >= 0.3 is 5.97 Å². The number of hydrogen-bond donors (Lipinski definition) is 3. The Hall–Kier alpha value is -1.10. The maximum atomic E-state index is 10.8. The van der Waals surface area contributed by atoms with E-state index < -0.39 is 17.9 Å². The van der Waals surface area contributed by atoms with E-state index in [4.69, 9.17) is 10.8 Å². The molecule has 0 spiro atoms. The predicted octanol–water partition coefficient (Wildman–Crippen LogP) is -1.08.